The lowest BCUT2D eigenvalue weighted by Crippen LogP contribution is -1.92. The molecule has 6 nitrogen and oxygen atoms in total. The van der Waals surface area contributed by atoms with Crippen LogP contribution in [0.3, 0.4) is 0 Å². The molecule has 4 aromatic rings. The van der Waals surface area contributed by atoms with E-state index in [0.717, 1.165) is 27.4 Å². The average Bonchev–Trinajstić information content (AvgIpc) is 3.05. The lowest BCUT2D eigenvalue weighted by atomic mass is 10.1. The zero-order valence-corrected chi connectivity index (χ0v) is 12.9. The van der Waals surface area contributed by atoms with Crippen LogP contribution in [-0.4, -0.2) is 21.2 Å². The molecule has 116 valence electrons. The van der Waals surface area contributed by atoms with Crippen molar-refractivity contribution in [3.05, 3.63) is 65.6 Å². The molecule has 2 aromatic heterocycles. The number of rotatable bonds is 2. The molecule has 0 aliphatic rings. The second kappa shape index (κ2) is 5.88. The summed E-state index contributed by atoms with van der Waals surface area (Å²) in [6, 6.07) is 17.8. The third-order valence-corrected chi connectivity index (χ3v) is 3.87. The predicted octanol–water partition coefficient (Wildman–Crippen LogP) is 3.61. The molecule has 25 heavy (non-hydrogen) atoms. The Kier molecular flexibility index (Phi) is 3.42. The van der Waals surface area contributed by atoms with Gasteiger partial charge in [0, 0.05) is 28.1 Å². The lowest BCUT2D eigenvalue weighted by molar-refractivity contribution is 1.12. The Bertz CT molecular complexity index is 1220. The monoisotopic (exact) mass is 322 g/mol. The summed E-state index contributed by atoms with van der Waals surface area (Å²) < 4.78 is 0. The van der Waals surface area contributed by atoms with Crippen molar-refractivity contribution in [2.75, 3.05) is 0 Å². The Morgan fingerprint density at radius 1 is 1.00 bits per heavy atom. The van der Waals surface area contributed by atoms with Crippen molar-refractivity contribution in [3.63, 3.8) is 0 Å². The van der Waals surface area contributed by atoms with E-state index in [1.54, 1.807) is 6.21 Å². The number of nitrogens with one attached hydrogen (secondary N) is 1. The van der Waals surface area contributed by atoms with Crippen molar-refractivity contribution in [1.82, 2.24) is 15.0 Å². The zero-order valence-electron chi connectivity index (χ0n) is 12.9. The number of nitriles is 2. The molecule has 0 saturated carbocycles. The summed E-state index contributed by atoms with van der Waals surface area (Å²) in [4.78, 5) is 15.6. The van der Waals surface area contributed by atoms with Crippen LogP contribution in [0.4, 0.5) is 5.82 Å². The average molecular weight is 322 g/mol. The number of aliphatic imine (C=N–C) groups is 1. The van der Waals surface area contributed by atoms with Crippen molar-refractivity contribution < 1.29 is 0 Å². The Hall–Kier alpha value is -4.03. The first-order chi connectivity index (χ1) is 12.3. The SMILES string of the molecule is N#Cc1cnc(C#N)c(N=Cc2cccc3c2[nH]c2ccccc23)n1. The molecule has 0 atom stereocenters. The van der Waals surface area contributed by atoms with Crippen molar-refractivity contribution in [2.24, 2.45) is 4.99 Å². The van der Waals surface area contributed by atoms with E-state index in [9.17, 15) is 0 Å². The van der Waals surface area contributed by atoms with E-state index in [1.165, 1.54) is 6.20 Å². The maximum Gasteiger partial charge on any atom is 0.190 e. The predicted molar refractivity (Wildman–Crippen MR) is 94.5 cm³/mol. The van der Waals surface area contributed by atoms with Gasteiger partial charge in [-0.3, -0.25) is 0 Å². The van der Waals surface area contributed by atoms with E-state index >= 15 is 0 Å². The summed E-state index contributed by atoms with van der Waals surface area (Å²) in [5.74, 6) is 0.134. The van der Waals surface area contributed by atoms with Crippen LogP contribution in [0.15, 0.2) is 53.7 Å². The van der Waals surface area contributed by atoms with Crippen LogP contribution in [0, 0.1) is 22.7 Å². The van der Waals surface area contributed by atoms with Gasteiger partial charge in [-0.1, -0.05) is 36.4 Å². The largest absolute Gasteiger partial charge is 0.354 e. The number of nitrogens with zero attached hydrogens (tertiary/aromatic N) is 5. The minimum atomic E-state index is 0.0825. The first-order valence-corrected chi connectivity index (χ1v) is 7.51. The quantitative estimate of drug-likeness (QED) is 0.569. The van der Waals surface area contributed by atoms with E-state index in [0.29, 0.717) is 0 Å². The molecule has 0 aliphatic carbocycles. The second-order valence-electron chi connectivity index (χ2n) is 5.35. The van der Waals surface area contributed by atoms with Gasteiger partial charge in [0.05, 0.1) is 11.7 Å². The molecule has 2 heterocycles. The van der Waals surface area contributed by atoms with Gasteiger partial charge in [-0.05, 0) is 6.07 Å². The van der Waals surface area contributed by atoms with Crippen LogP contribution < -0.4 is 0 Å². The standard InChI is InChI=1S/C19H10N6/c20-8-13-11-22-17(9-21)19(24-13)23-10-12-4-3-6-15-14-5-1-2-7-16(14)25-18(12)15/h1-7,10-11,25H. The molecule has 0 radical (unpaired) electrons. The molecular weight excluding hydrogens is 312 g/mol. The maximum absolute atomic E-state index is 9.13. The molecule has 2 aromatic carbocycles. The van der Waals surface area contributed by atoms with Crippen molar-refractivity contribution in [2.45, 2.75) is 0 Å². The summed E-state index contributed by atoms with van der Waals surface area (Å²) in [6.07, 6.45) is 2.89. The molecule has 0 bridgehead atoms. The summed E-state index contributed by atoms with van der Waals surface area (Å²) in [7, 11) is 0. The molecule has 0 unspecified atom stereocenters. The highest BCUT2D eigenvalue weighted by Gasteiger charge is 2.08. The molecule has 0 aliphatic heterocycles. The molecule has 0 saturated heterocycles. The van der Waals surface area contributed by atoms with Crippen molar-refractivity contribution in [1.29, 1.82) is 10.5 Å². The minimum Gasteiger partial charge on any atom is -0.354 e. The summed E-state index contributed by atoms with van der Waals surface area (Å²) >= 11 is 0. The molecule has 0 spiro atoms. The topological polar surface area (TPSA) is 102 Å². The smallest absolute Gasteiger partial charge is 0.190 e. The third-order valence-electron chi connectivity index (χ3n) is 3.87. The summed E-state index contributed by atoms with van der Waals surface area (Å²) in [5, 5.41) is 20.3. The molecular formula is C19H10N6. The summed E-state index contributed by atoms with van der Waals surface area (Å²) in [5.41, 5.74) is 3.06. The van der Waals surface area contributed by atoms with Gasteiger partial charge in [-0.2, -0.15) is 10.5 Å². The highest BCUT2D eigenvalue weighted by atomic mass is 15.0. The van der Waals surface area contributed by atoms with Crippen LogP contribution >= 0.6 is 0 Å². The van der Waals surface area contributed by atoms with E-state index < -0.39 is 0 Å². The highest BCUT2D eigenvalue weighted by molar-refractivity contribution is 6.12. The second-order valence-corrected chi connectivity index (χ2v) is 5.35. The number of hydrogen-bond acceptors (Lipinski definition) is 5. The molecule has 0 fully saturated rings. The highest BCUT2D eigenvalue weighted by Crippen LogP contribution is 2.27. The van der Waals surface area contributed by atoms with Gasteiger partial charge >= 0.3 is 0 Å². The number of benzene rings is 2. The maximum atomic E-state index is 9.13. The van der Waals surface area contributed by atoms with E-state index in [4.69, 9.17) is 10.5 Å². The van der Waals surface area contributed by atoms with Gasteiger partial charge in [0.15, 0.2) is 17.2 Å². The summed E-state index contributed by atoms with van der Waals surface area (Å²) in [6.45, 7) is 0. The van der Waals surface area contributed by atoms with Gasteiger partial charge in [0.1, 0.15) is 12.1 Å². The Balaban J connectivity index is 1.86. The Morgan fingerprint density at radius 3 is 2.68 bits per heavy atom. The Morgan fingerprint density at radius 2 is 1.84 bits per heavy atom. The third kappa shape index (κ3) is 2.48. The molecule has 6 heteroatoms. The fourth-order valence-electron chi connectivity index (χ4n) is 2.74. The fourth-order valence-corrected chi connectivity index (χ4v) is 2.74. The van der Waals surface area contributed by atoms with Gasteiger partial charge in [-0.25, -0.2) is 15.0 Å². The van der Waals surface area contributed by atoms with Crippen LogP contribution in [0.25, 0.3) is 21.8 Å². The minimum absolute atomic E-state index is 0.0825. The molecule has 1 N–H and O–H groups in total. The van der Waals surface area contributed by atoms with E-state index in [-0.39, 0.29) is 17.2 Å². The van der Waals surface area contributed by atoms with Gasteiger partial charge in [0.2, 0.25) is 0 Å². The van der Waals surface area contributed by atoms with Crippen molar-refractivity contribution in [3.8, 4) is 12.1 Å². The number of H-pyrrole nitrogens is 1. The normalized spacial score (nSPS) is 11.0. The van der Waals surface area contributed by atoms with Gasteiger partial charge in [0.25, 0.3) is 0 Å². The number of para-hydroxylation sites is 2. The Labute approximate surface area is 142 Å². The number of aromatic amines is 1. The van der Waals surface area contributed by atoms with E-state index in [2.05, 4.69) is 26.0 Å². The van der Waals surface area contributed by atoms with Gasteiger partial charge in [-0.15, -0.1) is 0 Å². The zero-order chi connectivity index (χ0) is 17.2. The van der Waals surface area contributed by atoms with E-state index in [1.807, 2.05) is 48.5 Å². The number of aromatic nitrogens is 3. The van der Waals surface area contributed by atoms with Crippen LogP contribution in [0.5, 0.6) is 0 Å². The molecule has 4 rings (SSSR count). The first-order valence-electron chi connectivity index (χ1n) is 7.51. The van der Waals surface area contributed by atoms with Gasteiger partial charge < -0.3 is 4.98 Å². The molecule has 0 amide bonds. The number of fused-ring (bicyclic) bond motifs is 3. The van der Waals surface area contributed by atoms with Crippen LogP contribution in [-0.2, 0) is 0 Å². The number of hydrogen-bond donors (Lipinski definition) is 1. The lowest BCUT2D eigenvalue weighted by Gasteiger charge is -1.98. The van der Waals surface area contributed by atoms with Crippen molar-refractivity contribution >= 4 is 33.8 Å². The van der Waals surface area contributed by atoms with Crippen LogP contribution in [0.1, 0.15) is 17.0 Å². The first kappa shape index (κ1) is 14.6. The van der Waals surface area contributed by atoms with Crippen LogP contribution in [0.2, 0.25) is 0 Å². The fraction of sp³-hybridized carbons (Fsp3) is 0.